The van der Waals surface area contributed by atoms with Crippen molar-refractivity contribution in [3.05, 3.63) is 45.8 Å². The summed E-state index contributed by atoms with van der Waals surface area (Å²) in [7, 11) is 0. The molecule has 2 aromatic heterocycles. The lowest BCUT2D eigenvalue weighted by Gasteiger charge is -1.99. The van der Waals surface area contributed by atoms with E-state index in [0.29, 0.717) is 15.9 Å². The number of hydrogen-bond acceptors (Lipinski definition) is 6. The van der Waals surface area contributed by atoms with Crippen LogP contribution < -0.4 is 5.43 Å². The molecule has 0 aliphatic carbocycles. The third-order valence-corrected chi connectivity index (χ3v) is 4.24. The Morgan fingerprint density at radius 2 is 2.11 bits per heavy atom. The molecule has 0 spiro atoms. The number of benzene rings is 1. The van der Waals surface area contributed by atoms with Crippen LogP contribution in [-0.4, -0.2) is 10.2 Å². The molecule has 3 aromatic rings. The van der Waals surface area contributed by atoms with Gasteiger partial charge in [-0.3, -0.25) is 4.79 Å². The highest BCUT2D eigenvalue weighted by atomic mass is 32.2. The van der Waals surface area contributed by atoms with Crippen LogP contribution in [0.2, 0.25) is 0 Å². The molecule has 18 heavy (non-hydrogen) atoms. The van der Waals surface area contributed by atoms with Gasteiger partial charge >= 0.3 is 0 Å². The smallest absolute Gasteiger partial charge is 0.206 e. The molecule has 3 rings (SSSR count). The van der Waals surface area contributed by atoms with Crippen LogP contribution in [0.5, 0.6) is 0 Å². The lowest BCUT2D eigenvalue weighted by atomic mass is 10.2. The third-order valence-electron chi connectivity index (χ3n) is 2.35. The fourth-order valence-corrected chi connectivity index (χ4v) is 3.33. The second-order valence-electron chi connectivity index (χ2n) is 3.61. The quantitative estimate of drug-likeness (QED) is 0.720. The summed E-state index contributed by atoms with van der Waals surface area (Å²) in [6, 6.07) is 7.20. The summed E-state index contributed by atoms with van der Waals surface area (Å²) in [6.45, 7) is 1.88. The summed E-state index contributed by atoms with van der Waals surface area (Å²) in [5.41, 5.74) is 0.565. The highest BCUT2D eigenvalue weighted by Gasteiger charge is 2.10. The summed E-state index contributed by atoms with van der Waals surface area (Å²) in [5, 5.41) is 9.37. The third kappa shape index (κ3) is 2.04. The van der Waals surface area contributed by atoms with E-state index in [-0.39, 0.29) is 5.43 Å². The zero-order chi connectivity index (χ0) is 12.5. The van der Waals surface area contributed by atoms with Crippen LogP contribution in [0.25, 0.3) is 11.0 Å². The average molecular weight is 276 g/mol. The van der Waals surface area contributed by atoms with E-state index in [1.807, 2.05) is 19.1 Å². The summed E-state index contributed by atoms with van der Waals surface area (Å²) >= 11 is 2.75. The minimum Gasteiger partial charge on any atom is -0.463 e. The maximum Gasteiger partial charge on any atom is 0.206 e. The Balaban J connectivity index is 2.08. The summed E-state index contributed by atoms with van der Waals surface area (Å²) in [4.78, 5) is 12.7. The Labute approximate surface area is 111 Å². The molecular weight excluding hydrogens is 268 g/mol. The first kappa shape index (κ1) is 11.4. The number of hydrogen-bond donors (Lipinski definition) is 0. The first-order valence-corrected chi connectivity index (χ1v) is 6.86. The predicted molar refractivity (Wildman–Crippen MR) is 71.3 cm³/mol. The van der Waals surface area contributed by atoms with Crippen molar-refractivity contribution < 1.29 is 4.42 Å². The van der Waals surface area contributed by atoms with E-state index in [2.05, 4.69) is 10.2 Å². The van der Waals surface area contributed by atoms with E-state index in [0.717, 1.165) is 9.35 Å². The molecule has 0 atom stereocenters. The topological polar surface area (TPSA) is 56.0 Å². The number of nitrogens with zero attached hydrogens (tertiary/aromatic N) is 2. The normalized spacial score (nSPS) is 10.9. The first-order chi connectivity index (χ1) is 8.74. The van der Waals surface area contributed by atoms with E-state index >= 15 is 0 Å². The van der Waals surface area contributed by atoms with Gasteiger partial charge in [-0.05, 0) is 30.8 Å². The van der Waals surface area contributed by atoms with Crippen molar-refractivity contribution in [3.63, 3.8) is 0 Å². The molecule has 0 unspecified atom stereocenters. The zero-order valence-electron chi connectivity index (χ0n) is 9.41. The molecule has 0 radical (unpaired) electrons. The zero-order valence-corrected chi connectivity index (χ0v) is 11.0. The van der Waals surface area contributed by atoms with E-state index in [9.17, 15) is 4.79 Å². The van der Waals surface area contributed by atoms with Gasteiger partial charge in [0.25, 0.3) is 0 Å². The van der Waals surface area contributed by atoms with E-state index in [1.54, 1.807) is 12.1 Å². The van der Waals surface area contributed by atoms with Gasteiger partial charge in [-0.15, -0.1) is 10.2 Å². The Kier molecular flexibility index (Phi) is 2.89. The molecule has 0 aliphatic heterocycles. The molecule has 6 heteroatoms. The van der Waals surface area contributed by atoms with Crippen LogP contribution in [0.15, 0.2) is 49.0 Å². The molecule has 2 heterocycles. The van der Waals surface area contributed by atoms with Crippen LogP contribution in [0.1, 0.15) is 5.01 Å². The van der Waals surface area contributed by atoms with Crippen molar-refractivity contribution >= 4 is 34.1 Å². The fraction of sp³-hybridized carbons (Fsp3) is 0.0833. The highest BCUT2D eigenvalue weighted by Crippen LogP contribution is 2.28. The van der Waals surface area contributed by atoms with Crippen LogP contribution in [0.3, 0.4) is 0 Å². The van der Waals surface area contributed by atoms with Gasteiger partial charge in [0.1, 0.15) is 16.9 Å². The highest BCUT2D eigenvalue weighted by molar-refractivity contribution is 8.01. The molecule has 0 amide bonds. The molecule has 0 fully saturated rings. The number of rotatable bonds is 2. The van der Waals surface area contributed by atoms with Crippen LogP contribution in [-0.2, 0) is 0 Å². The molecule has 0 bridgehead atoms. The molecule has 0 N–H and O–H groups in total. The van der Waals surface area contributed by atoms with Gasteiger partial charge < -0.3 is 4.42 Å². The van der Waals surface area contributed by atoms with Gasteiger partial charge in [0.2, 0.25) is 5.43 Å². The van der Waals surface area contributed by atoms with Gasteiger partial charge in [-0.2, -0.15) is 0 Å². The van der Waals surface area contributed by atoms with Gasteiger partial charge in [0, 0.05) is 0 Å². The minimum atomic E-state index is -0.0327. The SMILES string of the molecule is Cc1nnc(Sc2coc3ccccc3c2=O)s1. The Morgan fingerprint density at radius 1 is 1.28 bits per heavy atom. The fourth-order valence-electron chi connectivity index (χ4n) is 1.54. The van der Waals surface area contributed by atoms with Crippen LogP contribution >= 0.6 is 23.1 Å². The molecule has 1 aromatic carbocycles. The van der Waals surface area contributed by atoms with E-state index < -0.39 is 0 Å². The summed E-state index contributed by atoms with van der Waals surface area (Å²) < 4.78 is 6.18. The Bertz CT molecular complexity index is 764. The van der Waals surface area contributed by atoms with Gasteiger partial charge in [0.15, 0.2) is 4.34 Å². The van der Waals surface area contributed by atoms with Crippen molar-refractivity contribution in [2.24, 2.45) is 0 Å². The van der Waals surface area contributed by atoms with Crippen molar-refractivity contribution in [1.82, 2.24) is 10.2 Å². The monoisotopic (exact) mass is 276 g/mol. The first-order valence-electron chi connectivity index (χ1n) is 5.22. The van der Waals surface area contributed by atoms with Crippen LogP contribution in [0, 0.1) is 6.92 Å². The predicted octanol–water partition coefficient (Wildman–Crippen LogP) is 3.10. The van der Waals surface area contributed by atoms with Crippen molar-refractivity contribution in [1.29, 1.82) is 0 Å². The lowest BCUT2D eigenvalue weighted by molar-refractivity contribution is 0.587. The number of para-hydroxylation sites is 1. The molecule has 0 saturated heterocycles. The maximum absolute atomic E-state index is 12.2. The summed E-state index contributed by atoms with van der Waals surface area (Å²) in [6.07, 6.45) is 1.48. The van der Waals surface area contributed by atoms with E-state index in [4.69, 9.17) is 4.42 Å². The lowest BCUT2D eigenvalue weighted by Crippen LogP contribution is -2.03. The molecular formula is C12H8N2O2S2. The molecule has 90 valence electrons. The molecule has 0 aliphatic rings. The summed E-state index contributed by atoms with van der Waals surface area (Å²) in [5.74, 6) is 0. The van der Waals surface area contributed by atoms with Crippen molar-refractivity contribution in [3.8, 4) is 0 Å². The van der Waals surface area contributed by atoms with Gasteiger partial charge in [-0.25, -0.2) is 0 Å². The molecule has 0 saturated carbocycles. The Hall–Kier alpha value is -1.66. The second-order valence-corrected chi connectivity index (χ2v) is 6.08. The van der Waals surface area contributed by atoms with Gasteiger partial charge in [-0.1, -0.05) is 23.5 Å². The molecule has 4 nitrogen and oxygen atoms in total. The van der Waals surface area contributed by atoms with Gasteiger partial charge in [0.05, 0.1) is 10.3 Å². The van der Waals surface area contributed by atoms with Crippen molar-refractivity contribution in [2.45, 2.75) is 16.2 Å². The Morgan fingerprint density at radius 3 is 2.89 bits per heavy atom. The number of fused-ring (bicyclic) bond motifs is 1. The number of aromatic nitrogens is 2. The standard InChI is InChI=1S/C12H8N2O2S2/c1-7-13-14-12(17-7)18-10-6-16-9-5-3-2-4-8(9)11(10)15/h2-6H,1H3. The minimum absolute atomic E-state index is 0.0327. The maximum atomic E-state index is 12.2. The average Bonchev–Trinajstić information content (AvgIpc) is 2.79. The number of aryl methyl sites for hydroxylation is 1. The van der Waals surface area contributed by atoms with E-state index in [1.165, 1.54) is 29.4 Å². The van der Waals surface area contributed by atoms with Crippen molar-refractivity contribution in [2.75, 3.05) is 0 Å². The van der Waals surface area contributed by atoms with Crippen LogP contribution in [0.4, 0.5) is 0 Å². The largest absolute Gasteiger partial charge is 0.463 e. The second kappa shape index (κ2) is 4.55.